The van der Waals surface area contributed by atoms with E-state index in [0.717, 1.165) is 16.9 Å². The van der Waals surface area contributed by atoms with Gasteiger partial charge in [0.15, 0.2) is 0 Å². The Kier molecular flexibility index (Phi) is 6.04. The van der Waals surface area contributed by atoms with E-state index < -0.39 is 0 Å². The number of hydrogen-bond acceptors (Lipinski definition) is 4. The lowest BCUT2D eigenvalue weighted by atomic mass is 10.1. The molecule has 0 radical (unpaired) electrons. The number of carbonyl (C=O) groups is 2. The normalized spacial score (nSPS) is 14.3. The molecule has 6 heteroatoms. The summed E-state index contributed by atoms with van der Waals surface area (Å²) in [4.78, 5) is 23.3. The van der Waals surface area contributed by atoms with Crippen molar-refractivity contribution in [2.75, 3.05) is 22.1 Å². The van der Waals surface area contributed by atoms with E-state index >= 15 is 0 Å². The third-order valence-corrected chi connectivity index (χ3v) is 6.81. The molecule has 0 aliphatic carbocycles. The van der Waals surface area contributed by atoms with Crippen LogP contribution in [0.5, 0.6) is 0 Å². The van der Waals surface area contributed by atoms with Gasteiger partial charge in [0.1, 0.15) is 0 Å². The molecule has 0 saturated carbocycles. The Balaban J connectivity index is 1.58. The van der Waals surface area contributed by atoms with E-state index in [0.29, 0.717) is 11.0 Å². The van der Waals surface area contributed by atoms with Crippen molar-refractivity contribution in [1.82, 2.24) is 0 Å². The second-order valence-corrected chi connectivity index (χ2v) is 8.53. The maximum absolute atomic E-state index is 12.3. The molecule has 4 nitrogen and oxygen atoms in total. The number of rotatable bonds is 5. The first-order chi connectivity index (χ1) is 12.1. The average molecular weight is 373 g/mol. The summed E-state index contributed by atoms with van der Waals surface area (Å²) in [5.41, 5.74) is 3.73. The predicted octanol–water partition coefficient (Wildman–Crippen LogP) is 4.30. The molecule has 0 bridgehead atoms. The highest BCUT2D eigenvalue weighted by Crippen LogP contribution is 2.45. The average Bonchev–Trinajstić information content (AvgIpc) is 3.11. The molecule has 0 atom stereocenters. The standard InChI is InChI=1S/C19H20N2O2S2/c1-13(22)20-16-7-5-14(6-8-16)11-18(23)21-17-4-2-3-15(12-17)19-24-9-10-25-19/h2-8,12,19H,9-11H2,1H3,(H,20,22)(H,21,23). The SMILES string of the molecule is CC(=O)Nc1ccc(CC(=O)Nc2cccc(C3SCCS3)c2)cc1. The van der Waals surface area contributed by atoms with E-state index in [2.05, 4.69) is 22.8 Å². The number of amides is 2. The van der Waals surface area contributed by atoms with Crippen molar-refractivity contribution in [3.8, 4) is 0 Å². The van der Waals surface area contributed by atoms with E-state index in [1.165, 1.54) is 24.0 Å². The van der Waals surface area contributed by atoms with Crippen LogP contribution in [0.1, 0.15) is 22.6 Å². The van der Waals surface area contributed by atoms with Gasteiger partial charge in [-0.3, -0.25) is 9.59 Å². The van der Waals surface area contributed by atoms with Gasteiger partial charge >= 0.3 is 0 Å². The third kappa shape index (κ3) is 5.28. The van der Waals surface area contributed by atoms with Gasteiger partial charge in [-0.1, -0.05) is 24.3 Å². The first kappa shape index (κ1) is 17.9. The van der Waals surface area contributed by atoms with Crippen LogP contribution in [0.4, 0.5) is 11.4 Å². The van der Waals surface area contributed by atoms with Crippen LogP contribution in [0.2, 0.25) is 0 Å². The van der Waals surface area contributed by atoms with Gasteiger partial charge < -0.3 is 10.6 Å². The molecule has 3 rings (SSSR count). The van der Waals surface area contributed by atoms with Gasteiger partial charge in [-0.15, -0.1) is 23.5 Å². The molecule has 2 aromatic carbocycles. The molecule has 2 N–H and O–H groups in total. The van der Waals surface area contributed by atoms with Crippen LogP contribution in [0, 0.1) is 0 Å². The fourth-order valence-electron chi connectivity index (χ4n) is 2.61. The smallest absolute Gasteiger partial charge is 0.228 e. The van der Waals surface area contributed by atoms with Crippen LogP contribution in [0.3, 0.4) is 0 Å². The lowest BCUT2D eigenvalue weighted by Crippen LogP contribution is -2.14. The van der Waals surface area contributed by atoms with E-state index in [1.807, 2.05) is 47.8 Å². The van der Waals surface area contributed by atoms with E-state index in [1.54, 1.807) is 12.1 Å². The molecule has 1 aliphatic rings. The number of carbonyl (C=O) groups excluding carboxylic acids is 2. The summed E-state index contributed by atoms with van der Waals surface area (Å²) in [7, 11) is 0. The van der Waals surface area contributed by atoms with Gasteiger partial charge in [-0.05, 0) is 35.4 Å². The Morgan fingerprint density at radius 2 is 1.72 bits per heavy atom. The fourth-order valence-corrected chi connectivity index (χ4v) is 5.45. The number of thioether (sulfide) groups is 2. The van der Waals surface area contributed by atoms with Gasteiger partial charge in [0.25, 0.3) is 0 Å². The van der Waals surface area contributed by atoms with Crippen molar-refractivity contribution in [2.45, 2.75) is 17.9 Å². The highest BCUT2D eigenvalue weighted by Gasteiger charge is 2.18. The van der Waals surface area contributed by atoms with Gasteiger partial charge in [-0.25, -0.2) is 0 Å². The quantitative estimate of drug-likeness (QED) is 0.821. The zero-order valence-corrected chi connectivity index (χ0v) is 15.6. The summed E-state index contributed by atoms with van der Waals surface area (Å²) in [5.74, 6) is 2.21. The van der Waals surface area contributed by atoms with Crippen molar-refractivity contribution in [1.29, 1.82) is 0 Å². The van der Waals surface area contributed by atoms with Gasteiger partial charge in [0, 0.05) is 29.8 Å². The van der Waals surface area contributed by atoms with Crippen LogP contribution in [0.15, 0.2) is 48.5 Å². The molecule has 130 valence electrons. The third-order valence-electron chi connectivity index (χ3n) is 3.70. The lowest BCUT2D eigenvalue weighted by Gasteiger charge is -2.11. The first-order valence-corrected chi connectivity index (χ1v) is 10.2. The minimum atomic E-state index is -0.107. The van der Waals surface area contributed by atoms with Crippen molar-refractivity contribution in [3.05, 3.63) is 59.7 Å². The summed E-state index contributed by atoms with van der Waals surface area (Å²) in [6.45, 7) is 1.47. The Morgan fingerprint density at radius 3 is 2.40 bits per heavy atom. The Morgan fingerprint density at radius 1 is 1.00 bits per heavy atom. The van der Waals surface area contributed by atoms with E-state index in [9.17, 15) is 9.59 Å². The molecule has 1 aliphatic heterocycles. The minimum absolute atomic E-state index is 0.0452. The summed E-state index contributed by atoms with van der Waals surface area (Å²) in [6, 6.07) is 15.4. The zero-order valence-electron chi connectivity index (χ0n) is 14.0. The van der Waals surface area contributed by atoms with Gasteiger partial charge in [0.2, 0.25) is 11.8 Å². The lowest BCUT2D eigenvalue weighted by molar-refractivity contribution is -0.116. The largest absolute Gasteiger partial charge is 0.326 e. The minimum Gasteiger partial charge on any atom is -0.326 e. The molecule has 2 amide bonds. The molecule has 1 fully saturated rings. The predicted molar refractivity (Wildman–Crippen MR) is 107 cm³/mol. The maximum atomic E-state index is 12.3. The topological polar surface area (TPSA) is 58.2 Å². The van der Waals surface area contributed by atoms with Crippen molar-refractivity contribution in [2.24, 2.45) is 0 Å². The second kappa shape index (κ2) is 8.45. The molecule has 0 spiro atoms. The first-order valence-electron chi connectivity index (χ1n) is 8.10. The second-order valence-electron chi connectivity index (χ2n) is 5.80. The molecular weight excluding hydrogens is 352 g/mol. The Labute approximate surface area is 156 Å². The van der Waals surface area contributed by atoms with Crippen molar-refractivity contribution in [3.63, 3.8) is 0 Å². The molecule has 25 heavy (non-hydrogen) atoms. The molecule has 0 aromatic heterocycles. The van der Waals surface area contributed by atoms with Gasteiger partial charge in [-0.2, -0.15) is 0 Å². The summed E-state index contributed by atoms with van der Waals surface area (Å²) >= 11 is 3.90. The molecule has 2 aromatic rings. The molecule has 1 heterocycles. The summed E-state index contributed by atoms with van der Waals surface area (Å²) in [5, 5.41) is 5.69. The Hall–Kier alpha value is -1.92. The monoisotopic (exact) mass is 372 g/mol. The molecule has 0 unspecified atom stereocenters. The number of anilines is 2. The number of hydrogen-bond donors (Lipinski definition) is 2. The maximum Gasteiger partial charge on any atom is 0.228 e. The number of nitrogens with one attached hydrogen (secondary N) is 2. The van der Waals surface area contributed by atoms with E-state index in [-0.39, 0.29) is 11.8 Å². The molecule has 1 saturated heterocycles. The Bertz CT molecular complexity index is 756. The summed E-state index contributed by atoms with van der Waals surface area (Å²) in [6.07, 6.45) is 0.303. The molecular formula is C19H20N2O2S2. The van der Waals surface area contributed by atoms with E-state index in [4.69, 9.17) is 0 Å². The van der Waals surface area contributed by atoms with Crippen molar-refractivity contribution < 1.29 is 9.59 Å². The number of benzene rings is 2. The highest BCUT2D eigenvalue weighted by atomic mass is 32.2. The van der Waals surface area contributed by atoms with Crippen LogP contribution < -0.4 is 10.6 Å². The van der Waals surface area contributed by atoms with Crippen LogP contribution in [0.25, 0.3) is 0 Å². The fraction of sp³-hybridized carbons (Fsp3) is 0.263. The zero-order chi connectivity index (χ0) is 17.6. The highest BCUT2D eigenvalue weighted by molar-refractivity contribution is 8.19. The van der Waals surface area contributed by atoms with Crippen LogP contribution in [-0.4, -0.2) is 23.3 Å². The van der Waals surface area contributed by atoms with Crippen LogP contribution in [-0.2, 0) is 16.0 Å². The summed E-state index contributed by atoms with van der Waals surface area (Å²) < 4.78 is 0.471. The van der Waals surface area contributed by atoms with Crippen LogP contribution >= 0.6 is 23.5 Å². The van der Waals surface area contributed by atoms with Crippen molar-refractivity contribution >= 4 is 46.7 Å². The van der Waals surface area contributed by atoms with Gasteiger partial charge in [0.05, 0.1) is 11.0 Å².